The van der Waals surface area contributed by atoms with Gasteiger partial charge < -0.3 is 9.47 Å². The Morgan fingerprint density at radius 1 is 0.615 bits per heavy atom. The highest BCUT2D eigenvalue weighted by Crippen LogP contribution is 2.17. The summed E-state index contributed by atoms with van der Waals surface area (Å²) >= 11 is 6.88. The zero-order chi connectivity index (χ0) is 18.2. The SMILES string of the molecule is BrCc1ccc(OCc2cccc(COc3ccc(CBr)cc3)n2)cc1. The summed E-state index contributed by atoms with van der Waals surface area (Å²) in [7, 11) is 0. The van der Waals surface area contributed by atoms with E-state index in [0.29, 0.717) is 13.2 Å². The second-order valence-electron chi connectivity index (χ2n) is 5.75. The van der Waals surface area contributed by atoms with E-state index >= 15 is 0 Å². The number of pyridine rings is 1. The quantitative estimate of drug-likeness (QED) is 0.372. The molecule has 0 saturated carbocycles. The average molecular weight is 477 g/mol. The van der Waals surface area contributed by atoms with Crippen molar-refractivity contribution in [1.82, 2.24) is 4.98 Å². The molecular weight excluding hydrogens is 458 g/mol. The summed E-state index contributed by atoms with van der Waals surface area (Å²) in [4.78, 5) is 4.61. The van der Waals surface area contributed by atoms with Crippen LogP contribution in [0.25, 0.3) is 0 Å². The minimum atomic E-state index is 0.432. The largest absolute Gasteiger partial charge is 0.487 e. The summed E-state index contributed by atoms with van der Waals surface area (Å²) in [5.74, 6) is 1.68. The number of hydrogen-bond donors (Lipinski definition) is 0. The van der Waals surface area contributed by atoms with Crippen LogP contribution in [0.1, 0.15) is 22.5 Å². The summed E-state index contributed by atoms with van der Waals surface area (Å²) in [6.45, 7) is 0.864. The molecule has 1 aromatic heterocycles. The van der Waals surface area contributed by atoms with Crippen molar-refractivity contribution in [3.63, 3.8) is 0 Å². The number of hydrogen-bond acceptors (Lipinski definition) is 3. The predicted octanol–water partition coefficient (Wildman–Crippen LogP) is 6.03. The highest BCUT2D eigenvalue weighted by Gasteiger charge is 2.02. The van der Waals surface area contributed by atoms with Crippen molar-refractivity contribution < 1.29 is 9.47 Å². The molecule has 5 heteroatoms. The lowest BCUT2D eigenvalue weighted by Gasteiger charge is -2.09. The van der Waals surface area contributed by atoms with Gasteiger partial charge in [0.1, 0.15) is 24.7 Å². The molecule has 0 bridgehead atoms. The van der Waals surface area contributed by atoms with Gasteiger partial charge in [-0.25, -0.2) is 0 Å². The molecule has 3 nitrogen and oxygen atoms in total. The molecule has 0 spiro atoms. The highest BCUT2D eigenvalue weighted by atomic mass is 79.9. The molecule has 0 aliphatic carbocycles. The van der Waals surface area contributed by atoms with Crippen molar-refractivity contribution in [2.75, 3.05) is 0 Å². The van der Waals surface area contributed by atoms with Crippen molar-refractivity contribution in [2.24, 2.45) is 0 Å². The summed E-state index contributed by atoms with van der Waals surface area (Å²) < 4.78 is 11.6. The van der Waals surface area contributed by atoms with Crippen LogP contribution >= 0.6 is 31.9 Å². The number of benzene rings is 2. The third-order valence-corrected chi connectivity index (χ3v) is 5.09. The fourth-order valence-corrected chi connectivity index (χ4v) is 3.10. The first kappa shape index (κ1) is 18.9. The van der Waals surface area contributed by atoms with Crippen LogP contribution in [0.3, 0.4) is 0 Å². The van der Waals surface area contributed by atoms with E-state index in [0.717, 1.165) is 33.5 Å². The van der Waals surface area contributed by atoms with Crippen LogP contribution < -0.4 is 9.47 Å². The van der Waals surface area contributed by atoms with Crippen LogP contribution in [0, 0.1) is 0 Å². The summed E-state index contributed by atoms with van der Waals surface area (Å²) in [5, 5.41) is 1.69. The fourth-order valence-electron chi connectivity index (χ4n) is 2.35. The van der Waals surface area contributed by atoms with Crippen LogP contribution in [-0.4, -0.2) is 4.98 Å². The third kappa shape index (κ3) is 5.58. The Morgan fingerprint density at radius 3 is 1.42 bits per heavy atom. The molecule has 26 heavy (non-hydrogen) atoms. The molecule has 1 heterocycles. The normalized spacial score (nSPS) is 10.5. The summed E-state index contributed by atoms with van der Waals surface area (Å²) in [6.07, 6.45) is 0. The molecule has 3 aromatic rings. The first-order valence-electron chi connectivity index (χ1n) is 8.27. The topological polar surface area (TPSA) is 31.4 Å². The maximum absolute atomic E-state index is 5.81. The van der Waals surface area contributed by atoms with Crippen LogP contribution in [0.2, 0.25) is 0 Å². The van der Waals surface area contributed by atoms with Crippen LogP contribution in [0.4, 0.5) is 0 Å². The minimum absolute atomic E-state index is 0.432. The van der Waals surface area contributed by atoms with E-state index in [4.69, 9.17) is 9.47 Å². The maximum Gasteiger partial charge on any atom is 0.130 e. The zero-order valence-corrected chi connectivity index (χ0v) is 17.4. The molecular formula is C21H19Br2NO2. The lowest BCUT2D eigenvalue weighted by molar-refractivity contribution is 0.290. The van der Waals surface area contributed by atoms with Gasteiger partial charge in [0.2, 0.25) is 0 Å². The molecule has 0 radical (unpaired) electrons. The molecule has 0 N–H and O–H groups in total. The van der Waals surface area contributed by atoms with E-state index in [-0.39, 0.29) is 0 Å². The van der Waals surface area contributed by atoms with E-state index in [2.05, 4.69) is 36.8 Å². The van der Waals surface area contributed by atoms with Gasteiger partial charge in [-0.15, -0.1) is 0 Å². The minimum Gasteiger partial charge on any atom is -0.487 e. The Labute approximate surface area is 170 Å². The number of ether oxygens (including phenoxy) is 2. The van der Waals surface area contributed by atoms with Gasteiger partial charge in [-0.05, 0) is 47.5 Å². The Morgan fingerprint density at radius 2 is 1.04 bits per heavy atom. The molecule has 2 aromatic carbocycles. The maximum atomic E-state index is 5.81. The zero-order valence-electron chi connectivity index (χ0n) is 14.2. The Balaban J connectivity index is 1.55. The molecule has 0 aliphatic heterocycles. The molecule has 0 unspecified atom stereocenters. The van der Waals surface area contributed by atoms with Crippen molar-refractivity contribution in [2.45, 2.75) is 23.9 Å². The smallest absolute Gasteiger partial charge is 0.130 e. The number of nitrogens with zero attached hydrogens (tertiary/aromatic N) is 1. The Hall–Kier alpha value is -1.85. The van der Waals surface area contributed by atoms with Crippen LogP contribution in [0.15, 0.2) is 66.7 Å². The summed E-state index contributed by atoms with van der Waals surface area (Å²) in [6, 6.07) is 22.0. The molecule has 3 rings (SSSR count). The lowest BCUT2D eigenvalue weighted by atomic mass is 10.2. The third-order valence-electron chi connectivity index (χ3n) is 3.79. The highest BCUT2D eigenvalue weighted by molar-refractivity contribution is 9.08. The van der Waals surface area contributed by atoms with E-state index < -0.39 is 0 Å². The van der Waals surface area contributed by atoms with Crippen molar-refractivity contribution in [3.8, 4) is 11.5 Å². The van der Waals surface area contributed by atoms with Gasteiger partial charge >= 0.3 is 0 Å². The van der Waals surface area contributed by atoms with E-state index in [1.165, 1.54) is 11.1 Å². The first-order chi connectivity index (χ1) is 12.8. The first-order valence-corrected chi connectivity index (χ1v) is 10.5. The standard InChI is InChI=1S/C21H19Br2NO2/c22-12-16-4-8-20(9-5-16)25-14-18-2-1-3-19(24-18)15-26-21-10-6-17(13-23)7-11-21/h1-11H,12-15H2. The molecule has 0 saturated heterocycles. The molecule has 0 atom stereocenters. The van der Waals surface area contributed by atoms with E-state index in [1.807, 2.05) is 66.7 Å². The van der Waals surface area contributed by atoms with Gasteiger partial charge in [0.25, 0.3) is 0 Å². The van der Waals surface area contributed by atoms with Gasteiger partial charge in [-0.1, -0.05) is 62.2 Å². The number of aromatic nitrogens is 1. The average Bonchev–Trinajstić information content (AvgIpc) is 2.72. The van der Waals surface area contributed by atoms with E-state index in [9.17, 15) is 0 Å². The van der Waals surface area contributed by atoms with Crippen LogP contribution in [0.5, 0.6) is 11.5 Å². The molecule has 0 fully saturated rings. The molecule has 0 amide bonds. The fraction of sp³-hybridized carbons (Fsp3) is 0.190. The van der Waals surface area contributed by atoms with Crippen molar-refractivity contribution >= 4 is 31.9 Å². The predicted molar refractivity (Wildman–Crippen MR) is 111 cm³/mol. The monoisotopic (exact) mass is 475 g/mol. The van der Waals surface area contributed by atoms with Gasteiger partial charge in [-0.2, -0.15) is 0 Å². The number of rotatable bonds is 8. The van der Waals surface area contributed by atoms with Gasteiger partial charge in [0.05, 0.1) is 11.4 Å². The second-order valence-corrected chi connectivity index (χ2v) is 6.87. The van der Waals surface area contributed by atoms with E-state index in [1.54, 1.807) is 0 Å². The number of alkyl halides is 2. The van der Waals surface area contributed by atoms with Gasteiger partial charge in [0.15, 0.2) is 0 Å². The van der Waals surface area contributed by atoms with Crippen molar-refractivity contribution in [3.05, 3.63) is 89.2 Å². The van der Waals surface area contributed by atoms with Crippen LogP contribution in [-0.2, 0) is 23.9 Å². The lowest BCUT2D eigenvalue weighted by Crippen LogP contribution is -2.03. The summed E-state index contributed by atoms with van der Waals surface area (Å²) in [5.41, 5.74) is 4.20. The van der Waals surface area contributed by atoms with Gasteiger partial charge in [0, 0.05) is 10.7 Å². The Bertz CT molecular complexity index is 753. The van der Waals surface area contributed by atoms with Crippen molar-refractivity contribution in [1.29, 1.82) is 0 Å². The molecule has 0 aliphatic rings. The Kier molecular flexibility index (Phi) is 7.09. The number of halogens is 2. The van der Waals surface area contributed by atoms with Gasteiger partial charge in [-0.3, -0.25) is 4.98 Å². The second kappa shape index (κ2) is 9.74. The molecule has 134 valence electrons.